The first-order valence-corrected chi connectivity index (χ1v) is 9.84. The molecule has 2 unspecified atom stereocenters. The third-order valence-electron chi connectivity index (χ3n) is 6.79. The van der Waals surface area contributed by atoms with E-state index < -0.39 is 0 Å². The highest BCUT2D eigenvalue weighted by Gasteiger charge is 2.61. The van der Waals surface area contributed by atoms with Crippen molar-refractivity contribution in [2.45, 2.75) is 49.5 Å². The number of hydrogen-bond acceptors (Lipinski definition) is 6. The molecule has 4 bridgehead atoms. The third-order valence-corrected chi connectivity index (χ3v) is 6.96. The molecular formula is C19H19ClN6O. The lowest BCUT2D eigenvalue weighted by molar-refractivity contribution is -0.0772. The molecule has 0 saturated heterocycles. The maximum Gasteiger partial charge on any atom is 0.247 e. The Morgan fingerprint density at radius 1 is 1.07 bits per heavy atom. The molecular weight excluding hydrogens is 364 g/mol. The Kier molecular flexibility index (Phi) is 3.14. The molecule has 7 nitrogen and oxygen atoms in total. The highest BCUT2D eigenvalue weighted by atomic mass is 35.5. The van der Waals surface area contributed by atoms with Crippen LogP contribution in [0.4, 0.5) is 0 Å². The Bertz CT molecular complexity index is 985. The molecule has 0 N–H and O–H groups in total. The van der Waals surface area contributed by atoms with Gasteiger partial charge < -0.3 is 4.42 Å². The van der Waals surface area contributed by atoms with E-state index >= 15 is 0 Å². The number of nitrogens with zero attached hydrogens (tertiary/aromatic N) is 6. The molecule has 27 heavy (non-hydrogen) atoms. The molecule has 138 valence electrons. The SMILES string of the molecule is Clc1ncn(C23C[C@@H]4C[C@@H](CC(c5nnc(-c6ccncc6)o5)(C4)C2)C3)n1. The van der Waals surface area contributed by atoms with E-state index in [0.29, 0.717) is 23.0 Å². The van der Waals surface area contributed by atoms with E-state index in [2.05, 4.69) is 25.3 Å². The normalized spacial score (nSPS) is 34.3. The summed E-state index contributed by atoms with van der Waals surface area (Å²) < 4.78 is 8.23. The van der Waals surface area contributed by atoms with Gasteiger partial charge in [-0.25, -0.2) is 9.67 Å². The second-order valence-corrected chi connectivity index (χ2v) is 8.91. The summed E-state index contributed by atoms with van der Waals surface area (Å²) in [6, 6.07) is 3.80. The Balaban J connectivity index is 1.41. The van der Waals surface area contributed by atoms with Gasteiger partial charge in [0.15, 0.2) is 0 Å². The molecule has 4 aliphatic carbocycles. The predicted molar refractivity (Wildman–Crippen MR) is 96.9 cm³/mol. The molecule has 4 atom stereocenters. The van der Waals surface area contributed by atoms with Crippen molar-refractivity contribution in [2.75, 3.05) is 0 Å². The number of halogens is 1. The van der Waals surface area contributed by atoms with Crippen molar-refractivity contribution >= 4 is 11.6 Å². The fourth-order valence-corrected chi connectivity index (χ4v) is 6.38. The summed E-state index contributed by atoms with van der Waals surface area (Å²) in [6.45, 7) is 0. The summed E-state index contributed by atoms with van der Waals surface area (Å²) in [5, 5.41) is 13.6. The molecule has 3 aromatic heterocycles. The van der Waals surface area contributed by atoms with Crippen LogP contribution in [0.15, 0.2) is 35.3 Å². The number of hydrogen-bond donors (Lipinski definition) is 0. The van der Waals surface area contributed by atoms with Gasteiger partial charge in [0.2, 0.25) is 17.1 Å². The zero-order valence-electron chi connectivity index (χ0n) is 14.8. The van der Waals surface area contributed by atoms with E-state index in [9.17, 15) is 0 Å². The van der Waals surface area contributed by atoms with Crippen molar-refractivity contribution in [3.8, 4) is 11.5 Å². The van der Waals surface area contributed by atoms with Crippen molar-refractivity contribution < 1.29 is 4.42 Å². The maximum absolute atomic E-state index is 6.22. The second-order valence-electron chi connectivity index (χ2n) is 8.57. The van der Waals surface area contributed by atoms with E-state index in [0.717, 1.165) is 43.6 Å². The van der Waals surface area contributed by atoms with E-state index in [1.165, 1.54) is 6.42 Å². The van der Waals surface area contributed by atoms with Crippen molar-refractivity contribution in [1.29, 1.82) is 0 Å². The first kappa shape index (κ1) is 15.7. The largest absolute Gasteiger partial charge is 0.420 e. The predicted octanol–water partition coefficient (Wildman–Crippen LogP) is 3.62. The quantitative estimate of drug-likeness (QED) is 0.688. The second kappa shape index (κ2) is 5.38. The van der Waals surface area contributed by atoms with Crippen LogP contribution in [0, 0.1) is 11.8 Å². The molecule has 0 spiro atoms. The summed E-state index contributed by atoms with van der Waals surface area (Å²) in [4.78, 5) is 8.23. The van der Waals surface area contributed by atoms with Crippen molar-refractivity contribution in [1.82, 2.24) is 29.9 Å². The lowest BCUT2D eigenvalue weighted by Crippen LogP contribution is -2.58. The van der Waals surface area contributed by atoms with Crippen LogP contribution in [-0.4, -0.2) is 29.9 Å². The van der Waals surface area contributed by atoms with Gasteiger partial charge in [0.25, 0.3) is 0 Å². The summed E-state index contributed by atoms with van der Waals surface area (Å²) in [7, 11) is 0. The number of rotatable bonds is 3. The summed E-state index contributed by atoms with van der Waals surface area (Å²) in [5.41, 5.74) is 0.808. The number of aromatic nitrogens is 6. The first-order valence-electron chi connectivity index (χ1n) is 9.46. The monoisotopic (exact) mass is 382 g/mol. The van der Waals surface area contributed by atoms with Crippen LogP contribution in [0.1, 0.15) is 44.4 Å². The minimum Gasteiger partial charge on any atom is -0.420 e. The third kappa shape index (κ3) is 2.30. The number of pyridine rings is 1. The smallest absolute Gasteiger partial charge is 0.247 e. The average Bonchev–Trinajstić information content (AvgIpc) is 3.31. The molecule has 0 radical (unpaired) electrons. The zero-order chi connectivity index (χ0) is 18.1. The van der Waals surface area contributed by atoms with E-state index in [1.807, 2.05) is 16.8 Å². The highest BCUT2D eigenvalue weighted by Crippen LogP contribution is 2.64. The summed E-state index contributed by atoms with van der Waals surface area (Å²) in [5.74, 6) is 2.66. The van der Waals surface area contributed by atoms with Crippen LogP contribution < -0.4 is 0 Å². The minimum absolute atomic E-state index is 0.0322. The standard InChI is InChI=1S/C19H19ClN6O/c20-17-22-11-26(25-17)19-8-12-5-13(9-19)7-18(6-12,10-19)16-24-23-15(27-16)14-1-3-21-4-2-14/h1-4,11-13H,5-10H2/t12-,13+,18?,19?. The molecule has 4 saturated carbocycles. The fourth-order valence-electron chi connectivity index (χ4n) is 6.25. The van der Waals surface area contributed by atoms with Gasteiger partial charge in [-0.1, -0.05) is 0 Å². The van der Waals surface area contributed by atoms with Crippen molar-refractivity contribution in [3.05, 3.63) is 42.0 Å². The average molecular weight is 383 g/mol. The topological polar surface area (TPSA) is 82.5 Å². The van der Waals surface area contributed by atoms with Crippen LogP contribution in [0.2, 0.25) is 5.28 Å². The molecule has 4 fully saturated rings. The Morgan fingerprint density at radius 2 is 1.85 bits per heavy atom. The maximum atomic E-state index is 6.22. The Labute approximate surface area is 161 Å². The van der Waals surface area contributed by atoms with Gasteiger partial charge in [-0.3, -0.25) is 4.98 Å². The van der Waals surface area contributed by atoms with Gasteiger partial charge in [-0.05, 0) is 74.1 Å². The Hall–Kier alpha value is -2.28. The zero-order valence-corrected chi connectivity index (χ0v) is 15.5. The van der Waals surface area contributed by atoms with E-state index in [4.69, 9.17) is 16.0 Å². The minimum atomic E-state index is -0.0687. The van der Waals surface area contributed by atoms with Crippen LogP contribution in [0.3, 0.4) is 0 Å². The first-order chi connectivity index (χ1) is 13.1. The lowest BCUT2D eigenvalue weighted by atomic mass is 9.47. The summed E-state index contributed by atoms with van der Waals surface area (Å²) >= 11 is 6.03. The molecule has 4 aliphatic rings. The van der Waals surface area contributed by atoms with Gasteiger partial charge >= 0.3 is 0 Å². The van der Waals surface area contributed by atoms with Gasteiger partial charge in [-0.2, -0.15) is 0 Å². The lowest BCUT2D eigenvalue weighted by Gasteiger charge is -2.60. The molecule has 3 heterocycles. The van der Waals surface area contributed by atoms with Crippen molar-refractivity contribution in [3.63, 3.8) is 0 Å². The molecule has 0 aromatic carbocycles. The van der Waals surface area contributed by atoms with Crippen LogP contribution >= 0.6 is 11.6 Å². The van der Waals surface area contributed by atoms with Crippen LogP contribution in [-0.2, 0) is 11.0 Å². The van der Waals surface area contributed by atoms with Crippen LogP contribution in [0.25, 0.3) is 11.5 Å². The molecule has 8 heteroatoms. The van der Waals surface area contributed by atoms with E-state index in [1.54, 1.807) is 18.7 Å². The van der Waals surface area contributed by atoms with Crippen molar-refractivity contribution in [2.24, 2.45) is 11.8 Å². The van der Waals surface area contributed by atoms with Gasteiger partial charge in [0, 0.05) is 18.0 Å². The van der Waals surface area contributed by atoms with E-state index in [-0.39, 0.29) is 11.0 Å². The van der Waals surface area contributed by atoms with Crippen LogP contribution in [0.5, 0.6) is 0 Å². The fraction of sp³-hybridized carbons (Fsp3) is 0.526. The summed E-state index contributed by atoms with van der Waals surface area (Å²) in [6.07, 6.45) is 12.0. The molecule has 7 rings (SSSR count). The Morgan fingerprint density at radius 3 is 2.56 bits per heavy atom. The molecule has 0 amide bonds. The van der Waals surface area contributed by atoms with Gasteiger partial charge in [0.05, 0.1) is 11.0 Å². The highest BCUT2D eigenvalue weighted by molar-refractivity contribution is 6.28. The van der Waals surface area contributed by atoms with Gasteiger partial charge in [0.1, 0.15) is 6.33 Å². The van der Waals surface area contributed by atoms with Gasteiger partial charge in [-0.15, -0.1) is 15.3 Å². The molecule has 3 aromatic rings. The molecule has 0 aliphatic heterocycles.